The van der Waals surface area contributed by atoms with E-state index < -0.39 is 0 Å². The number of anilines is 1. The molecule has 16 heavy (non-hydrogen) atoms. The molecule has 0 spiro atoms. The molecule has 3 nitrogen and oxygen atoms in total. The highest BCUT2D eigenvalue weighted by molar-refractivity contribution is 5.48. The molecular weight excluding hydrogens is 198 g/mol. The van der Waals surface area contributed by atoms with E-state index in [9.17, 15) is 0 Å². The molecule has 1 unspecified atom stereocenters. The SMILES string of the molecule is CN(C)c1cccc(C(NN)C(C)(C)C)c1. The van der Waals surface area contributed by atoms with Gasteiger partial charge in [0.2, 0.25) is 0 Å². The van der Waals surface area contributed by atoms with E-state index in [4.69, 9.17) is 5.84 Å². The van der Waals surface area contributed by atoms with Crippen LogP contribution in [0.3, 0.4) is 0 Å². The molecule has 90 valence electrons. The van der Waals surface area contributed by atoms with E-state index in [1.165, 1.54) is 11.3 Å². The average molecular weight is 221 g/mol. The molecule has 3 N–H and O–H groups in total. The lowest BCUT2D eigenvalue weighted by Crippen LogP contribution is -2.36. The fourth-order valence-corrected chi connectivity index (χ4v) is 1.83. The molecule has 1 aromatic carbocycles. The lowest BCUT2D eigenvalue weighted by atomic mass is 9.82. The van der Waals surface area contributed by atoms with E-state index in [1.54, 1.807) is 0 Å². The average Bonchev–Trinajstić information content (AvgIpc) is 2.17. The summed E-state index contributed by atoms with van der Waals surface area (Å²) < 4.78 is 0. The van der Waals surface area contributed by atoms with E-state index in [0.29, 0.717) is 0 Å². The number of benzene rings is 1. The number of rotatable bonds is 3. The maximum absolute atomic E-state index is 5.65. The third-order valence-corrected chi connectivity index (χ3v) is 2.75. The molecule has 0 aromatic heterocycles. The third kappa shape index (κ3) is 2.97. The minimum absolute atomic E-state index is 0.0969. The van der Waals surface area contributed by atoms with Crippen molar-refractivity contribution in [2.24, 2.45) is 11.3 Å². The normalized spacial score (nSPS) is 13.6. The molecule has 0 saturated carbocycles. The van der Waals surface area contributed by atoms with Gasteiger partial charge in [-0.3, -0.25) is 11.3 Å². The maximum atomic E-state index is 5.65. The fourth-order valence-electron chi connectivity index (χ4n) is 1.83. The molecule has 0 fully saturated rings. The minimum Gasteiger partial charge on any atom is -0.378 e. The third-order valence-electron chi connectivity index (χ3n) is 2.75. The van der Waals surface area contributed by atoms with Gasteiger partial charge in [0.25, 0.3) is 0 Å². The Kier molecular flexibility index (Phi) is 3.94. The zero-order chi connectivity index (χ0) is 12.3. The first-order valence-electron chi connectivity index (χ1n) is 5.59. The Bertz CT molecular complexity index is 339. The molecule has 3 heteroatoms. The van der Waals surface area contributed by atoms with Gasteiger partial charge >= 0.3 is 0 Å². The van der Waals surface area contributed by atoms with Gasteiger partial charge in [0, 0.05) is 19.8 Å². The van der Waals surface area contributed by atoms with E-state index in [1.807, 2.05) is 14.1 Å². The van der Waals surface area contributed by atoms with Crippen LogP contribution in [0.1, 0.15) is 32.4 Å². The number of nitrogens with zero attached hydrogens (tertiary/aromatic N) is 1. The monoisotopic (exact) mass is 221 g/mol. The van der Waals surface area contributed by atoms with Gasteiger partial charge in [-0.1, -0.05) is 32.9 Å². The highest BCUT2D eigenvalue weighted by Gasteiger charge is 2.25. The quantitative estimate of drug-likeness (QED) is 0.608. The van der Waals surface area contributed by atoms with Crippen LogP contribution in [-0.4, -0.2) is 14.1 Å². The minimum atomic E-state index is 0.0969. The number of hydrogen-bond acceptors (Lipinski definition) is 3. The van der Waals surface area contributed by atoms with Crippen molar-refractivity contribution in [3.8, 4) is 0 Å². The summed E-state index contributed by atoms with van der Waals surface area (Å²) in [6.07, 6.45) is 0. The predicted molar refractivity (Wildman–Crippen MR) is 70.3 cm³/mol. The zero-order valence-corrected chi connectivity index (χ0v) is 10.9. The molecule has 0 aliphatic rings. The number of nitrogens with one attached hydrogen (secondary N) is 1. The van der Waals surface area contributed by atoms with Crippen molar-refractivity contribution in [1.82, 2.24) is 5.43 Å². The largest absolute Gasteiger partial charge is 0.378 e. The van der Waals surface area contributed by atoms with E-state index >= 15 is 0 Å². The van der Waals surface area contributed by atoms with Crippen LogP contribution in [0.25, 0.3) is 0 Å². The Labute approximate surface area is 98.6 Å². The molecule has 0 bridgehead atoms. The van der Waals surface area contributed by atoms with Gasteiger partial charge in [0.05, 0.1) is 6.04 Å². The summed E-state index contributed by atoms with van der Waals surface area (Å²) in [5, 5.41) is 0. The standard InChI is InChI=1S/C13H23N3/c1-13(2,3)12(15-14)10-7-6-8-11(9-10)16(4)5/h6-9,12,15H,14H2,1-5H3. The first-order chi connectivity index (χ1) is 7.36. The van der Waals surface area contributed by atoms with Crippen molar-refractivity contribution >= 4 is 5.69 Å². The van der Waals surface area contributed by atoms with E-state index in [-0.39, 0.29) is 11.5 Å². The lowest BCUT2D eigenvalue weighted by molar-refractivity contribution is 0.275. The zero-order valence-electron chi connectivity index (χ0n) is 10.9. The van der Waals surface area contributed by atoms with E-state index in [2.05, 4.69) is 55.4 Å². The van der Waals surface area contributed by atoms with Gasteiger partial charge in [0.1, 0.15) is 0 Å². The Balaban J connectivity index is 3.07. The summed E-state index contributed by atoms with van der Waals surface area (Å²) in [5.74, 6) is 5.65. The van der Waals surface area contributed by atoms with Gasteiger partial charge in [-0.2, -0.15) is 0 Å². The Morgan fingerprint density at radius 1 is 1.25 bits per heavy atom. The van der Waals surface area contributed by atoms with Crippen molar-refractivity contribution < 1.29 is 0 Å². The van der Waals surface area contributed by atoms with Gasteiger partial charge < -0.3 is 4.90 Å². The van der Waals surface area contributed by atoms with Gasteiger partial charge in [-0.25, -0.2) is 0 Å². The molecule has 0 heterocycles. The molecule has 0 aliphatic heterocycles. The molecule has 1 aromatic rings. The van der Waals surface area contributed by atoms with Gasteiger partial charge in [0.15, 0.2) is 0 Å². The second-order valence-electron chi connectivity index (χ2n) is 5.46. The van der Waals surface area contributed by atoms with Crippen molar-refractivity contribution in [1.29, 1.82) is 0 Å². The molecule has 0 saturated heterocycles. The smallest absolute Gasteiger partial charge is 0.0509 e. The molecule has 1 atom stereocenters. The number of hydrazine groups is 1. The number of hydrogen-bond donors (Lipinski definition) is 2. The summed E-state index contributed by atoms with van der Waals surface area (Å²) in [5.41, 5.74) is 5.42. The Morgan fingerprint density at radius 2 is 1.88 bits per heavy atom. The van der Waals surface area contributed by atoms with E-state index in [0.717, 1.165) is 0 Å². The molecule has 0 radical (unpaired) electrons. The highest BCUT2D eigenvalue weighted by atomic mass is 15.2. The van der Waals surface area contributed by atoms with Crippen LogP contribution in [0.2, 0.25) is 0 Å². The molecule has 0 aliphatic carbocycles. The highest BCUT2D eigenvalue weighted by Crippen LogP contribution is 2.33. The van der Waals surface area contributed by atoms with Crippen LogP contribution in [0.4, 0.5) is 5.69 Å². The van der Waals surface area contributed by atoms with Crippen molar-refractivity contribution in [2.45, 2.75) is 26.8 Å². The van der Waals surface area contributed by atoms with Crippen molar-refractivity contribution in [3.05, 3.63) is 29.8 Å². The summed E-state index contributed by atoms with van der Waals surface area (Å²) in [4.78, 5) is 2.10. The molecule has 1 rings (SSSR count). The van der Waals surface area contributed by atoms with Crippen molar-refractivity contribution in [3.63, 3.8) is 0 Å². The van der Waals surface area contributed by atoms with Gasteiger partial charge in [-0.15, -0.1) is 0 Å². The topological polar surface area (TPSA) is 41.3 Å². The van der Waals surface area contributed by atoms with Crippen LogP contribution in [0.15, 0.2) is 24.3 Å². The summed E-state index contributed by atoms with van der Waals surface area (Å²) >= 11 is 0. The van der Waals surface area contributed by atoms with Crippen LogP contribution in [0, 0.1) is 5.41 Å². The first-order valence-corrected chi connectivity index (χ1v) is 5.59. The predicted octanol–water partition coefficient (Wildman–Crippen LogP) is 2.30. The fraction of sp³-hybridized carbons (Fsp3) is 0.538. The number of nitrogens with two attached hydrogens (primary N) is 1. The summed E-state index contributed by atoms with van der Waals surface area (Å²) in [6.45, 7) is 6.54. The first kappa shape index (κ1) is 13.0. The second-order valence-corrected chi connectivity index (χ2v) is 5.46. The van der Waals surface area contributed by atoms with Crippen LogP contribution < -0.4 is 16.2 Å². The summed E-state index contributed by atoms with van der Waals surface area (Å²) in [6, 6.07) is 8.62. The Hall–Kier alpha value is -1.06. The second kappa shape index (κ2) is 4.85. The summed E-state index contributed by atoms with van der Waals surface area (Å²) in [7, 11) is 4.09. The van der Waals surface area contributed by atoms with Crippen LogP contribution >= 0.6 is 0 Å². The molecular formula is C13H23N3. The van der Waals surface area contributed by atoms with Crippen LogP contribution in [0.5, 0.6) is 0 Å². The van der Waals surface area contributed by atoms with Crippen LogP contribution in [-0.2, 0) is 0 Å². The maximum Gasteiger partial charge on any atom is 0.0509 e. The van der Waals surface area contributed by atoms with Crippen molar-refractivity contribution in [2.75, 3.05) is 19.0 Å². The Morgan fingerprint density at radius 3 is 2.31 bits per heavy atom. The molecule has 0 amide bonds. The van der Waals surface area contributed by atoms with Gasteiger partial charge in [-0.05, 0) is 23.1 Å². The lowest BCUT2D eigenvalue weighted by Gasteiger charge is -2.31.